The molecule has 1 aliphatic rings. The Morgan fingerprint density at radius 2 is 1.90 bits per heavy atom. The van der Waals surface area contributed by atoms with Crippen molar-refractivity contribution in [3.8, 4) is 5.69 Å². The number of para-hydroxylation sites is 1. The first-order valence-corrected chi connectivity index (χ1v) is 7.12. The van der Waals surface area contributed by atoms with E-state index in [2.05, 4.69) is 60.2 Å². The number of aliphatic hydroxyl groups is 1. The lowest BCUT2D eigenvalue weighted by atomic mass is 10.1. The van der Waals surface area contributed by atoms with Crippen LogP contribution in [-0.4, -0.2) is 9.67 Å². The van der Waals surface area contributed by atoms with Crippen molar-refractivity contribution in [2.24, 2.45) is 5.92 Å². The predicted octanol–water partition coefficient (Wildman–Crippen LogP) is 3.86. The summed E-state index contributed by atoms with van der Waals surface area (Å²) in [4.78, 5) is 0. The van der Waals surface area contributed by atoms with Crippen LogP contribution in [0.25, 0.3) is 16.6 Å². The molecule has 1 N–H and O–H groups in total. The molecule has 1 heterocycles. The van der Waals surface area contributed by atoms with Crippen LogP contribution in [-0.2, 0) is 6.42 Å². The number of aliphatic hydroxyl groups excluding tert-OH is 1. The average Bonchev–Trinajstić information content (AvgIpc) is 3.02. The van der Waals surface area contributed by atoms with Crippen LogP contribution in [0.3, 0.4) is 0 Å². The maximum Gasteiger partial charge on any atom is 0.0822 e. The number of fused-ring (bicyclic) bond motifs is 2. The molecule has 2 aromatic carbocycles. The van der Waals surface area contributed by atoms with E-state index in [0.717, 1.165) is 12.0 Å². The highest BCUT2D eigenvalue weighted by Gasteiger charge is 2.29. The van der Waals surface area contributed by atoms with Crippen LogP contribution in [0, 0.1) is 5.92 Å². The van der Waals surface area contributed by atoms with E-state index in [-0.39, 0.29) is 6.10 Å². The van der Waals surface area contributed by atoms with Gasteiger partial charge in [0, 0.05) is 11.9 Å². The lowest BCUT2D eigenvalue weighted by Gasteiger charge is -2.12. The van der Waals surface area contributed by atoms with Gasteiger partial charge in [0.2, 0.25) is 0 Å². The van der Waals surface area contributed by atoms with Crippen molar-refractivity contribution < 1.29 is 5.11 Å². The Labute approximate surface area is 118 Å². The fourth-order valence-corrected chi connectivity index (χ4v) is 3.35. The number of aromatic nitrogens is 1. The molecular formula is C18H17NO. The summed E-state index contributed by atoms with van der Waals surface area (Å²) < 4.78 is 2.24. The van der Waals surface area contributed by atoms with Gasteiger partial charge in [-0.05, 0) is 47.1 Å². The van der Waals surface area contributed by atoms with Crippen LogP contribution in [0.2, 0.25) is 0 Å². The first-order chi connectivity index (χ1) is 9.75. The number of nitrogens with zero attached hydrogens (tertiary/aromatic N) is 1. The van der Waals surface area contributed by atoms with Crippen molar-refractivity contribution in [2.45, 2.75) is 19.4 Å². The highest BCUT2D eigenvalue weighted by atomic mass is 16.3. The lowest BCUT2D eigenvalue weighted by molar-refractivity contribution is 0.133. The van der Waals surface area contributed by atoms with E-state index in [1.54, 1.807) is 0 Å². The average molecular weight is 263 g/mol. The first-order valence-electron chi connectivity index (χ1n) is 7.12. The third kappa shape index (κ3) is 1.55. The maximum atomic E-state index is 10.3. The van der Waals surface area contributed by atoms with Gasteiger partial charge in [0.1, 0.15) is 0 Å². The van der Waals surface area contributed by atoms with E-state index in [0.29, 0.717) is 5.92 Å². The molecule has 0 saturated heterocycles. The zero-order valence-corrected chi connectivity index (χ0v) is 11.5. The zero-order chi connectivity index (χ0) is 13.7. The summed E-state index contributed by atoms with van der Waals surface area (Å²) in [5.74, 6) is 0.299. The second-order valence-corrected chi connectivity index (χ2v) is 5.72. The highest BCUT2D eigenvalue weighted by molar-refractivity contribution is 5.82. The summed E-state index contributed by atoms with van der Waals surface area (Å²) in [5.41, 5.74) is 4.80. The predicted molar refractivity (Wildman–Crippen MR) is 81.1 cm³/mol. The van der Waals surface area contributed by atoms with Gasteiger partial charge in [0.25, 0.3) is 0 Å². The standard InChI is InChI=1S/C18H17NO/c1-12-11-15-14(18(12)20)6-4-8-17(15)19-10-9-13-5-2-3-7-16(13)19/h2-10,12,18,20H,11H2,1H3. The molecular weight excluding hydrogens is 246 g/mol. The van der Waals surface area contributed by atoms with Gasteiger partial charge in [-0.1, -0.05) is 37.3 Å². The molecule has 0 fully saturated rings. The largest absolute Gasteiger partial charge is 0.388 e. The molecule has 1 aromatic heterocycles. The highest BCUT2D eigenvalue weighted by Crippen LogP contribution is 2.39. The third-order valence-electron chi connectivity index (χ3n) is 4.43. The molecule has 0 saturated carbocycles. The number of hydrogen-bond donors (Lipinski definition) is 1. The number of rotatable bonds is 1. The molecule has 0 amide bonds. The minimum absolute atomic E-state index is 0.299. The molecule has 0 radical (unpaired) electrons. The van der Waals surface area contributed by atoms with Gasteiger partial charge in [-0.15, -0.1) is 0 Å². The molecule has 1 aliphatic carbocycles. The van der Waals surface area contributed by atoms with Crippen molar-refractivity contribution in [1.29, 1.82) is 0 Å². The van der Waals surface area contributed by atoms with E-state index in [1.165, 1.54) is 22.2 Å². The minimum Gasteiger partial charge on any atom is -0.388 e. The van der Waals surface area contributed by atoms with Gasteiger partial charge >= 0.3 is 0 Å². The molecule has 20 heavy (non-hydrogen) atoms. The topological polar surface area (TPSA) is 25.2 Å². The van der Waals surface area contributed by atoms with Crippen LogP contribution in [0.15, 0.2) is 54.7 Å². The number of hydrogen-bond acceptors (Lipinski definition) is 1. The second-order valence-electron chi connectivity index (χ2n) is 5.72. The Morgan fingerprint density at radius 3 is 2.80 bits per heavy atom. The van der Waals surface area contributed by atoms with Crippen LogP contribution < -0.4 is 0 Å². The summed E-state index contributed by atoms with van der Waals surface area (Å²) in [6, 6.07) is 16.8. The van der Waals surface area contributed by atoms with Crippen molar-refractivity contribution in [2.75, 3.05) is 0 Å². The maximum absolute atomic E-state index is 10.3. The van der Waals surface area contributed by atoms with E-state index in [9.17, 15) is 5.11 Å². The summed E-state index contributed by atoms with van der Waals surface area (Å²) in [5, 5.41) is 11.5. The van der Waals surface area contributed by atoms with Crippen LogP contribution in [0.5, 0.6) is 0 Å². The van der Waals surface area contributed by atoms with Gasteiger partial charge in [-0.25, -0.2) is 0 Å². The molecule has 3 aromatic rings. The van der Waals surface area contributed by atoms with Gasteiger partial charge < -0.3 is 9.67 Å². The quantitative estimate of drug-likeness (QED) is 0.708. The van der Waals surface area contributed by atoms with Crippen molar-refractivity contribution in [1.82, 2.24) is 4.57 Å². The molecule has 0 bridgehead atoms. The molecule has 2 unspecified atom stereocenters. The van der Waals surface area contributed by atoms with E-state index >= 15 is 0 Å². The van der Waals surface area contributed by atoms with E-state index in [1.807, 2.05) is 6.07 Å². The Kier molecular flexibility index (Phi) is 2.48. The van der Waals surface area contributed by atoms with Crippen molar-refractivity contribution in [3.63, 3.8) is 0 Å². The molecule has 0 spiro atoms. The van der Waals surface area contributed by atoms with E-state index in [4.69, 9.17) is 0 Å². The van der Waals surface area contributed by atoms with Gasteiger partial charge in [0.15, 0.2) is 0 Å². The normalized spacial score (nSPS) is 21.3. The Morgan fingerprint density at radius 1 is 1.05 bits per heavy atom. The van der Waals surface area contributed by atoms with Gasteiger partial charge in [0.05, 0.1) is 11.6 Å². The van der Waals surface area contributed by atoms with E-state index < -0.39 is 0 Å². The minimum atomic E-state index is -0.327. The summed E-state index contributed by atoms with van der Waals surface area (Å²) in [6.45, 7) is 2.11. The SMILES string of the molecule is CC1Cc2c(cccc2-n2ccc3ccccc32)C1O. The second kappa shape index (κ2) is 4.22. The Hall–Kier alpha value is -2.06. The summed E-state index contributed by atoms with van der Waals surface area (Å²) >= 11 is 0. The Balaban J connectivity index is 1.97. The fraction of sp³-hybridized carbons (Fsp3) is 0.222. The smallest absolute Gasteiger partial charge is 0.0822 e. The first kappa shape index (κ1) is 11.7. The summed E-state index contributed by atoms with van der Waals surface area (Å²) in [6.07, 6.45) is 2.74. The fourth-order valence-electron chi connectivity index (χ4n) is 3.35. The molecule has 4 rings (SSSR count). The van der Waals surface area contributed by atoms with Crippen LogP contribution in [0.4, 0.5) is 0 Å². The zero-order valence-electron chi connectivity index (χ0n) is 11.5. The van der Waals surface area contributed by atoms with Gasteiger partial charge in [-0.3, -0.25) is 0 Å². The Bertz CT molecular complexity index is 787. The molecule has 2 nitrogen and oxygen atoms in total. The monoisotopic (exact) mass is 263 g/mol. The molecule has 2 heteroatoms. The van der Waals surface area contributed by atoms with Crippen LogP contribution >= 0.6 is 0 Å². The third-order valence-corrected chi connectivity index (χ3v) is 4.43. The van der Waals surface area contributed by atoms with Gasteiger partial charge in [-0.2, -0.15) is 0 Å². The lowest BCUT2D eigenvalue weighted by Crippen LogP contribution is -2.00. The molecule has 100 valence electrons. The van der Waals surface area contributed by atoms with Crippen LogP contribution in [0.1, 0.15) is 24.2 Å². The van der Waals surface area contributed by atoms with Crippen molar-refractivity contribution in [3.05, 3.63) is 65.9 Å². The van der Waals surface area contributed by atoms with Crippen molar-refractivity contribution >= 4 is 10.9 Å². The summed E-state index contributed by atoms with van der Waals surface area (Å²) in [7, 11) is 0. The molecule has 2 atom stereocenters. The number of benzene rings is 2. The molecule has 0 aliphatic heterocycles.